The van der Waals surface area contributed by atoms with Crippen molar-refractivity contribution in [2.75, 3.05) is 0 Å². The summed E-state index contributed by atoms with van der Waals surface area (Å²) in [5.74, 6) is 0.294. The van der Waals surface area contributed by atoms with Crippen molar-refractivity contribution in [1.29, 1.82) is 0 Å². The summed E-state index contributed by atoms with van der Waals surface area (Å²) in [6.45, 7) is 4.24. The van der Waals surface area contributed by atoms with Gasteiger partial charge in [-0.1, -0.05) is 36.0 Å². The molecule has 0 amide bonds. The molecule has 2 heterocycles. The Labute approximate surface area is 156 Å². The second kappa shape index (κ2) is 7.59. The highest BCUT2D eigenvalue weighted by Crippen LogP contribution is 2.34. The van der Waals surface area contributed by atoms with Crippen molar-refractivity contribution >= 4 is 11.8 Å². The fourth-order valence-electron chi connectivity index (χ4n) is 2.37. The maximum Gasteiger partial charge on any atom is 0.416 e. The van der Waals surface area contributed by atoms with E-state index in [1.54, 1.807) is 6.92 Å². The Bertz CT molecular complexity index is 979. The third-order valence-electron chi connectivity index (χ3n) is 3.69. The number of nitrogens with one attached hydrogen (secondary N) is 1. The fraction of sp³-hybridized carbons (Fsp3) is 0.375. The van der Waals surface area contributed by atoms with Crippen LogP contribution in [0.3, 0.4) is 0 Å². The summed E-state index contributed by atoms with van der Waals surface area (Å²) >= 11 is 1.24. The van der Waals surface area contributed by atoms with Crippen LogP contribution in [0.15, 0.2) is 38.7 Å². The van der Waals surface area contributed by atoms with E-state index in [1.165, 1.54) is 28.5 Å². The SMILES string of the molecule is CCCn1c(SC(C)c2nc(-c3cccc(C(F)(F)F)c3)no2)n[nH]c1=O. The molecule has 0 fully saturated rings. The van der Waals surface area contributed by atoms with E-state index in [-0.39, 0.29) is 28.2 Å². The quantitative estimate of drug-likeness (QED) is 0.632. The van der Waals surface area contributed by atoms with Crippen LogP contribution >= 0.6 is 11.8 Å². The number of hydrogen-bond acceptors (Lipinski definition) is 6. The Morgan fingerprint density at radius 1 is 1.37 bits per heavy atom. The summed E-state index contributed by atoms with van der Waals surface area (Å²) in [5, 5.41) is 10.3. The molecule has 0 saturated heterocycles. The number of aromatic nitrogens is 5. The van der Waals surface area contributed by atoms with Crippen molar-refractivity contribution < 1.29 is 17.7 Å². The van der Waals surface area contributed by atoms with Crippen LogP contribution in [0, 0.1) is 0 Å². The number of halogens is 3. The maximum absolute atomic E-state index is 12.9. The molecule has 7 nitrogen and oxygen atoms in total. The Balaban J connectivity index is 1.81. The zero-order valence-electron chi connectivity index (χ0n) is 14.4. The van der Waals surface area contributed by atoms with Gasteiger partial charge in [0.2, 0.25) is 11.7 Å². The molecule has 0 aliphatic heterocycles. The fourth-order valence-corrected chi connectivity index (χ4v) is 3.29. The molecule has 27 heavy (non-hydrogen) atoms. The molecule has 2 aromatic heterocycles. The summed E-state index contributed by atoms with van der Waals surface area (Å²) in [6.07, 6.45) is -3.68. The van der Waals surface area contributed by atoms with E-state index in [4.69, 9.17) is 4.52 Å². The van der Waals surface area contributed by atoms with Gasteiger partial charge in [0.1, 0.15) is 0 Å². The van der Waals surface area contributed by atoms with E-state index < -0.39 is 11.7 Å². The molecule has 144 valence electrons. The minimum Gasteiger partial charge on any atom is -0.338 e. The Hall–Kier alpha value is -2.56. The molecule has 1 N–H and O–H groups in total. The summed E-state index contributed by atoms with van der Waals surface area (Å²) in [6, 6.07) is 4.72. The minimum atomic E-state index is -4.45. The second-order valence-electron chi connectivity index (χ2n) is 5.76. The largest absolute Gasteiger partial charge is 0.416 e. The van der Waals surface area contributed by atoms with Crippen LogP contribution in [-0.4, -0.2) is 24.9 Å². The maximum atomic E-state index is 12.9. The lowest BCUT2D eigenvalue weighted by Crippen LogP contribution is -2.17. The number of benzene rings is 1. The van der Waals surface area contributed by atoms with Gasteiger partial charge in [-0.2, -0.15) is 18.2 Å². The number of alkyl halides is 3. The molecule has 3 rings (SSSR count). The van der Waals surface area contributed by atoms with E-state index in [0.717, 1.165) is 18.6 Å². The molecule has 1 atom stereocenters. The van der Waals surface area contributed by atoms with Crippen molar-refractivity contribution in [3.05, 3.63) is 46.2 Å². The Morgan fingerprint density at radius 2 is 2.15 bits per heavy atom. The van der Waals surface area contributed by atoms with Crippen molar-refractivity contribution in [2.45, 2.75) is 43.4 Å². The number of nitrogens with zero attached hydrogens (tertiary/aromatic N) is 4. The Morgan fingerprint density at radius 3 is 2.85 bits per heavy atom. The molecular weight excluding hydrogens is 383 g/mol. The minimum absolute atomic E-state index is 0.0662. The molecule has 3 aromatic rings. The van der Waals surface area contributed by atoms with Crippen molar-refractivity contribution in [3.63, 3.8) is 0 Å². The molecule has 11 heteroatoms. The second-order valence-corrected chi connectivity index (χ2v) is 7.07. The lowest BCUT2D eigenvalue weighted by Gasteiger charge is -2.07. The smallest absolute Gasteiger partial charge is 0.338 e. The number of aromatic amines is 1. The van der Waals surface area contributed by atoms with Crippen LogP contribution in [0.2, 0.25) is 0 Å². The van der Waals surface area contributed by atoms with Crippen LogP contribution in [0.5, 0.6) is 0 Å². The van der Waals surface area contributed by atoms with Gasteiger partial charge in [-0.15, -0.1) is 5.10 Å². The zero-order chi connectivity index (χ0) is 19.6. The van der Waals surface area contributed by atoms with Gasteiger partial charge in [0.25, 0.3) is 0 Å². The topological polar surface area (TPSA) is 89.6 Å². The van der Waals surface area contributed by atoms with Gasteiger partial charge in [0.05, 0.1) is 10.8 Å². The number of thioether (sulfide) groups is 1. The first-order chi connectivity index (χ1) is 12.8. The average Bonchev–Trinajstić information content (AvgIpc) is 3.24. The summed E-state index contributed by atoms with van der Waals surface area (Å²) in [4.78, 5) is 15.9. The van der Waals surface area contributed by atoms with Crippen molar-refractivity contribution in [1.82, 2.24) is 24.9 Å². The molecule has 0 bridgehead atoms. The van der Waals surface area contributed by atoms with Gasteiger partial charge < -0.3 is 4.52 Å². The predicted octanol–water partition coefficient (Wildman–Crippen LogP) is 3.90. The van der Waals surface area contributed by atoms with E-state index in [9.17, 15) is 18.0 Å². The lowest BCUT2D eigenvalue weighted by atomic mass is 10.1. The van der Waals surface area contributed by atoms with E-state index in [1.807, 2.05) is 6.92 Å². The molecule has 1 unspecified atom stereocenters. The predicted molar refractivity (Wildman–Crippen MR) is 92.1 cm³/mol. The zero-order valence-corrected chi connectivity index (χ0v) is 15.3. The first kappa shape index (κ1) is 19.2. The molecule has 0 aliphatic carbocycles. The third kappa shape index (κ3) is 4.24. The molecule has 0 aliphatic rings. The normalized spacial score (nSPS) is 13.1. The number of H-pyrrole nitrogens is 1. The first-order valence-corrected chi connectivity index (χ1v) is 9.00. The molecule has 0 radical (unpaired) electrons. The highest BCUT2D eigenvalue weighted by atomic mass is 32.2. The third-order valence-corrected chi connectivity index (χ3v) is 4.77. The van der Waals surface area contributed by atoms with Gasteiger partial charge in [-0.3, -0.25) is 4.57 Å². The summed E-state index contributed by atoms with van der Waals surface area (Å²) < 4.78 is 45.3. The lowest BCUT2D eigenvalue weighted by molar-refractivity contribution is -0.137. The highest BCUT2D eigenvalue weighted by molar-refractivity contribution is 7.99. The number of hydrogen-bond donors (Lipinski definition) is 1. The van der Waals surface area contributed by atoms with Crippen LogP contribution in [0.25, 0.3) is 11.4 Å². The molecule has 0 saturated carbocycles. The molecule has 1 aromatic carbocycles. The monoisotopic (exact) mass is 399 g/mol. The van der Waals surface area contributed by atoms with Crippen LogP contribution in [0.4, 0.5) is 13.2 Å². The molecular formula is C16H16F3N5O2S. The Kier molecular flexibility index (Phi) is 5.40. The van der Waals surface area contributed by atoms with Crippen molar-refractivity contribution in [3.8, 4) is 11.4 Å². The van der Waals surface area contributed by atoms with E-state index in [2.05, 4.69) is 20.3 Å². The van der Waals surface area contributed by atoms with Crippen LogP contribution in [0.1, 0.15) is 37.0 Å². The first-order valence-electron chi connectivity index (χ1n) is 8.12. The standard InChI is InChI=1S/C16H16F3N5O2S/c1-3-7-24-14(25)21-22-15(24)27-9(2)13-20-12(23-26-13)10-5-4-6-11(8-10)16(17,18)19/h4-6,8-9H,3,7H2,1-2H3,(H,21,25). The average molecular weight is 399 g/mol. The van der Waals surface area contributed by atoms with Gasteiger partial charge in [0, 0.05) is 12.1 Å². The van der Waals surface area contributed by atoms with Crippen molar-refractivity contribution in [2.24, 2.45) is 0 Å². The number of rotatable bonds is 6. The highest BCUT2D eigenvalue weighted by Gasteiger charge is 2.31. The van der Waals surface area contributed by atoms with Crippen LogP contribution < -0.4 is 5.69 Å². The van der Waals surface area contributed by atoms with Gasteiger partial charge in [-0.05, 0) is 25.5 Å². The van der Waals surface area contributed by atoms with Gasteiger partial charge >= 0.3 is 11.9 Å². The van der Waals surface area contributed by atoms with Crippen LogP contribution in [-0.2, 0) is 12.7 Å². The van der Waals surface area contributed by atoms with E-state index in [0.29, 0.717) is 11.7 Å². The van der Waals surface area contributed by atoms with E-state index >= 15 is 0 Å². The summed E-state index contributed by atoms with van der Waals surface area (Å²) in [7, 11) is 0. The van der Waals surface area contributed by atoms with Gasteiger partial charge in [0.15, 0.2) is 5.16 Å². The molecule has 0 spiro atoms. The van der Waals surface area contributed by atoms with Gasteiger partial charge in [-0.25, -0.2) is 9.89 Å². The summed E-state index contributed by atoms with van der Waals surface area (Å²) in [5.41, 5.74) is -0.879.